The molecule has 3 aromatic carbocycles. The first-order chi connectivity index (χ1) is 35.1. The minimum absolute atomic E-state index is 0.147. The molecule has 0 unspecified atom stereocenters. The van der Waals surface area contributed by atoms with Crippen molar-refractivity contribution in [3.63, 3.8) is 0 Å². The Kier molecular flexibility index (Phi) is 18.9. The number of aliphatic hydroxyl groups is 1. The van der Waals surface area contributed by atoms with E-state index in [-0.39, 0.29) is 18.9 Å². The van der Waals surface area contributed by atoms with E-state index in [1.807, 2.05) is 72.8 Å². The number of carbonyl (C=O) groups excluding carboxylic acids is 6. The lowest BCUT2D eigenvalue weighted by molar-refractivity contribution is -0.171. The predicted molar refractivity (Wildman–Crippen MR) is 281 cm³/mol. The normalized spacial score (nSPS) is 18.1. The number of likely N-dealkylation sites (N-methyl/N-ethyl adjacent to an activating group) is 1. The van der Waals surface area contributed by atoms with Gasteiger partial charge < -0.3 is 45.6 Å². The number of carbonyl (C=O) groups is 6. The van der Waals surface area contributed by atoms with Gasteiger partial charge in [0.2, 0.25) is 23.4 Å². The highest BCUT2D eigenvalue weighted by molar-refractivity contribution is 7.22. The number of hydrogen-bond donors (Lipinski definition) is 5. The number of thiazole rings is 1. The van der Waals surface area contributed by atoms with E-state index >= 15 is 0 Å². The van der Waals surface area contributed by atoms with Crippen LogP contribution in [0.5, 0.6) is 0 Å². The van der Waals surface area contributed by atoms with Gasteiger partial charge in [0.25, 0.3) is 11.8 Å². The van der Waals surface area contributed by atoms with Crippen LogP contribution in [0.2, 0.25) is 0 Å². The Morgan fingerprint density at radius 2 is 1.42 bits per heavy atom. The van der Waals surface area contributed by atoms with E-state index in [9.17, 15) is 33.9 Å². The molecule has 3 aliphatic rings. The molecule has 17 nitrogen and oxygen atoms in total. The number of likely N-dealkylation sites (tertiary alicyclic amines) is 1. The lowest BCUT2D eigenvalue weighted by Crippen LogP contribution is -2.67. The van der Waals surface area contributed by atoms with Crippen molar-refractivity contribution in [3.05, 3.63) is 95.6 Å². The van der Waals surface area contributed by atoms with Gasteiger partial charge in [-0.05, 0) is 89.5 Å². The average molecular weight is 1020 g/mol. The molecule has 1 saturated carbocycles. The van der Waals surface area contributed by atoms with Crippen LogP contribution in [0, 0.1) is 5.92 Å². The highest BCUT2D eigenvalue weighted by Gasteiger charge is 2.52. The number of unbranched alkanes of at least 4 members (excludes halogenated alkanes) is 3. The molecule has 0 radical (unpaired) electrons. The minimum atomic E-state index is -2.37. The summed E-state index contributed by atoms with van der Waals surface area (Å²) in [5, 5.41) is 25.3. The number of anilines is 1. The molecule has 394 valence electrons. The number of ether oxygens (including phenoxy) is 2. The summed E-state index contributed by atoms with van der Waals surface area (Å²) in [6.07, 6.45) is 6.34. The van der Waals surface area contributed by atoms with Crippen LogP contribution in [0.15, 0.2) is 78.9 Å². The lowest BCUT2D eigenvalue weighted by atomic mass is 9.80. The van der Waals surface area contributed by atoms with Gasteiger partial charge in [0.1, 0.15) is 23.7 Å². The molecule has 7 rings (SSSR count). The maximum absolute atomic E-state index is 14.9. The van der Waals surface area contributed by atoms with Crippen LogP contribution in [0.3, 0.4) is 0 Å². The van der Waals surface area contributed by atoms with Crippen molar-refractivity contribution >= 4 is 62.3 Å². The molecule has 6 amide bonds. The smallest absolute Gasteiger partial charge is 0.410 e. The zero-order chi connectivity index (χ0) is 52.1. The summed E-state index contributed by atoms with van der Waals surface area (Å²) in [5.41, 5.74) is -0.320. The van der Waals surface area contributed by atoms with Crippen LogP contribution >= 0.6 is 11.3 Å². The van der Waals surface area contributed by atoms with Crippen LogP contribution in [-0.2, 0) is 28.7 Å². The summed E-state index contributed by atoms with van der Waals surface area (Å²) < 4.78 is 11.9. The Labute approximate surface area is 433 Å². The number of rotatable bonds is 20. The molecule has 73 heavy (non-hydrogen) atoms. The predicted octanol–water partition coefficient (Wildman–Crippen LogP) is 6.49. The highest BCUT2D eigenvalue weighted by atomic mass is 32.1. The van der Waals surface area contributed by atoms with Crippen molar-refractivity contribution in [2.75, 3.05) is 57.9 Å². The van der Waals surface area contributed by atoms with Gasteiger partial charge in [0.05, 0.1) is 29.0 Å². The van der Waals surface area contributed by atoms with Crippen molar-refractivity contribution < 1.29 is 43.3 Å². The molecule has 1 aromatic heterocycles. The van der Waals surface area contributed by atoms with Crippen molar-refractivity contribution in [3.8, 4) is 0 Å². The summed E-state index contributed by atoms with van der Waals surface area (Å²) in [4.78, 5) is 93.8. The second kappa shape index (κ2) is 25.2. The number of amides is 6. The summed E-state index contributed by atoms with van der Waals surface area (Å²) >= 11 is 1.58. The number of benzene rings is 3. The van der Waals surface area contributed by atoms with E-state index < -0.39 is 71.0 Å². The van der Waals surface area contributed by atoms with Gasteiger partial charge in [0.15, 0.2) is 5.13 Å². The largest absolute Gasteiger partial charge is 0.444 e. The van der Waals surface area contributed by atoms with Gasteiger partial charge in [-0.1, -0.05) is 110 Å². The van der Waals surface area contributed by atoms with Crippen molar-refractivity contribution in [1.82, 2.24) is 36.1 Å². The van der Waals surface area contributed by atoms with E-state index in [2.05, 4.69) is 26.2 Å². The zero-order valence-electron chi connectivity index (χ0n) is 43.0. The Morgan fingerprint density at radius 1 is 0.795 bits per heavy atom. The molecule has 4 aromatic rings. The molecule has 2 aliphatic heterocycles. The van der Waals surface area contributed by atoms with Crippen molar-refractivity contribution in [1.29, 1.82) is 0 Å². The summed E-state index contributed by atoms with van der Waals surface area (Å²) in [5.74, 6) is -3.90. The summed E-state index contributed by atoms with van der Waals surface area (Å²) in [6.45, 7) is 10.5. The third-order valence-electron chi connectivity index (χ3n) is 14.1. The maximum atomic E-state index is 14.9. The summed E-state index contributed by atoms with van der Waals surface area (Å²) in [6, 6.07) is 21.4. The van der Waals surface area contributed by atoms with E-state index in [4.69, 9.17) is 14.5 Å². The Balaban J connectivity index is 1.000. The van der Waals surface area contributed by atoms with Gasteiger partial charge in [-0.3, -0.25) is 28.9 Å². The molecule has 3 heterocycles. The number of nitrogens with one attached hydrogen (secondary N) is 4. The fraction of sp³-hybridized carbons (Fsp3) is 0.545. The summed E-state index contributed by atoms with van der Waals surface area (Å²) in [7, 11) is 1.42. The minimum Gasteiger partial charge on any atom is -0.444 e. The Bertz CT molecular complexity index is 2470. The Morgan fingerprint density at radius 3 is 2.05 bits per heavy atom. The molecule has 1 aliphatic carbocycles. The van der Waals surface area contributed by atoms with Gasteiger partial charge >= 0.3 is 6.09 Å². The fourth-order valence-electron chi connectivity index (χ4n) is 9.99. The topological polar surface area (TPSA) is 212 Å². The van der Waals surface area contributed by atoms with E-state index in [0.29, 0.717) is 63.1 Å². The van der Waals surface area contributed by atoms with Crippen molar-refractivity contribution in [2.24, 2.45) is 5.92 Å². The van der Waals surface area contributed by atoms with Gasteiger partial charge in [-0.25, -0.2) is 9.78 Å². The van der Waals surface area contributed by atoms with Gasteiger partial charge in [-0.15, -0.1) is 0 Å². The van der Waals surface area contributed by atoms with Crippen LogP contribution in [-0.4, -0.2) is 138 Å². The monoisotopic (exact) mass is 1020 g/mol. The fourth-order valence-corrected chi connectivity index (χ4v) is 11.0. The SMILES string of the molecule is C[C@@H](C(=O)N[C@@](O)(C(=O)N1CCC[C@H]1C(=O)N[C@H](C(=O)NCCCCCCNC(=O)c1cccc2sc(N3CCOCC3)nc12)C(c1ccccc1)c1ccccc1)C1CCCCC1)N(C)C(=O)OC(C)(C)C. The van der Waals surface area contributed by atoms with Crippen LogP contribution in [0.4, 0.5) is 9.93 Å². The first-order valence-electron chi connectivity index (χ1n) is 26.1. The zero-order valence-corrected chi connectivity index (χ0v) is 43.8. The number of fused-ring (bicyclic) bond motifs is 1. The first kappa shape index (κ1) is 54.7. The lowest BCUT2D eigenvalue weighted by Gasteiger charge is -2.42. The van der Waals surface area contributed by atoms with Gasteiger partial charge in [-0.2, -0.15) is 0 Å². The van der Waals surface area contributed by atoms with E-state index in [1.165, 1.54) is 18.9 Å². The number of morpholine rings is 1. The molecule has 3 fully saturated rings. The third-order valence-corrected chi connectivity index (χ3v) is 15.2. The Hall–Kier alpha value is -6.11. The standard InChI is InChI=1S/C55H74N8O9S/c1-37(61(5)53(69)72-54(2,3)4)47(64)60-55(70,40-25-15-10-16-26-40)51(68)63-32-20-28-42(63)49(66)58-46(44(38-21-11-8-12-22-38)39-23-13-9-14-24-39)50(67)57-31-18-7-6-17-30-56-48(65)41-27-19-29-43-45(41)59-52(73-43)62-33-35-71-36-34-62/h8-9,11-14,19,21-24,27,29,37,40,42,44,46,70H,6-7,10,15-18,20,25-26,28,30-36H2,1-5H3,(H,56,65)(H,57,67)(H,58,66)(H,60,64)/t37-,42-,46-,55-/m0/s1. The quantitative estimate of drug-likeness (QED) is 0.0477. The molecular weight excluding hydrogens is 949 g/mol. The van der Waals surface area contributed by atoms with Crippen LogP contribution < -0.4 is 26.2 Å². The molecule has 4 atom stereocenters. The number of nitrogens with zero attached hydrogens (tertiary/aromatic N) is 4. The van der Waals surface area contributed by atoms with E-state index in [0.717, 1.165) is 77.5 Å². The number of aromatic nitrogens is 1. The van der Waals surface area contributed by atoms with Crippen LogP contribution in [0.25, 0.3) is 10.2 Å². The van der Waals surface area contributed by atoms with Gasteiger partial charge in [0, 0.05) is 51.6 Å². The molecule has 5 N–H and O–H groups in total. The molecule has 0 spiro atoms. The molecule has 2 saturated heterocycles. The first-order valence-corrected chi connectivity index (χ1v) is 26.9. The maximum Gasteiger partial charge on any atom is 0.410 e. The molecule has 18 heteroatoms. The number of para-hydroxylation sites is 1. The second-order valence-corrected chi connectivity index (χ2v) is 21.5. The average Bonchev–Trinajstić information content (AvgIpc) is 4.08. The van der Waals surface area contributed by atoms with Crippen molar-refractivity contribution in [2.45, 2.75) is 134 Å². The van der Waals surface area contributed by atoms with E-state index in [1.54, 1.807) is 38.2 Å². The number of hydrogen-bond acceptors (Lipinski definition) is 12. The highest BCUT2D eigenvalue weighted by Crippen LogP contribution is 2.36. The second-order valence-electron chi connectivity index (χ2n) is 20.5. The van der Waals surface area contributed by atoms with Crippen LogP contribution in [0.1, 0.15) is 126 Å². The molecule has 0 bridgehead atoms. The molecular formula is C55H74N8O9S. The third kappa shape index (κ3) is 13.9.